The summed E-state index contributed by atoms with van der Waals surface area (Å²) >= 11 is 6.32. The Morgan fingerprint density at radius 1 is 1.09 bits per heavy atom. The van der Waals surface area contributed by atoms with Crippen LogP contribution < -0.4 is 5.32 Å². The molecule has 0 amide bonds. The second kappa shape index (κ2) is 5.48. The smallest absolute Gasteiger partial charge is 0.248 e. The predicted octanol–water partition coefficient (Wildman–Crippen LogP) is 3.52. The van der Waals surface area contributed by atoms with Crippen LogP contribution in [0.4, 0.5) is 10.3 Å². The molecule has 2 aromatic carbocycles. The zero-order valence-electron chi connectivity index (χ0n) is 11.8. The summed E-state index contributed by atoms with van der Waals surface area (Å²) in [7, 11) is 0. The van der Waals surface area contributed by atoms with Crippen LogP contribution in [0.2, 0.25) is 5.02 Å². The lowest BCUT2D eigenvalue weighted by Gasteiger charge is -2.24. The van der Waals surface area contributed by atoms with Gasteiger partial charge in [-0.15, -0.1) is 0 Å². The van der Waals surface area contributed by atoms with Gasteiger partial charge in [-0.25, -0.2) is 4.39 Å². The van der Waals surface area contributed by atoms with E-state index >= 15 is 0 Å². The Morgan fingerprint density at radius 3 is 2.65 bits per heavy atom. The maximum absolute atomic E-state index is 13.1. The van der Waals surface area contributed by atoms with Crippen molar-refractivity contribution in [2.24, 2.45) is 0 Å². The fourth-order valence-corrected chi connectivity index (χ4v) is 2.84. The van der Waals surface area contributed by atoms with Crippen molar-refractivity contribution in [2.75, 3.05) is 5.32 Å². The first-order valence-electron chi connectivity index (χ1n) is 6.99. The van der Waals surface area contributed by atoms with Gasteiger partial charge in [0.05, 0.1) is 0 Å². The number of anilines is 1. The fraction of sp³-hybridized carbons (Fsp3) is 0.0625. The highest BCUT2D eigenvalue weighted by Gasteiger charge is 2.25. The molecular formula is C16H11ClFN5. The van der Waals surface area contributed by atoms with E-state index in [0.29, 0.717) is 11.0 Å². The molecule has 1 aliphatic rings. The summed E-state index contributed by atoms with van der Waals surface area (Å²) in [4.78, 5) is 0. The summed E-state index contributed by atoms with van der Waals surface area (Å²) in [5.74, 6) is 0.231. The normalized spacial score (nSPS) is 16.4. The average molecular weight is 328 g/mol. The van der Waals surface area contributed by atoms with Gasteiger partial charge < -0.3 is 5.32 Å². The lowest BCUT2D eigenvalue weighted by Crippen LogP contribution is -2.20. The molecule has 3 aromatic rings. The van der Waals surface area contributed by atoms with Crippen LogP contribution in [0.15, 0.2) is 54.6 Å². The minimum absolute atomic E-state index is 0.241. The Morgan fingerprint density at radius 2 is 1.87 bits per heavy atom. The number of hydrogen-bond acceptors (Lipinski definition) is 4. The Kier molecular flexibility index (Phi) is 3.31. The molecule has 0 unspecified atom stereocenters. The number of hydrogen-bond donors (Lipinski definition) is 1. The van der Waals surface area contributed by atoms with Gasteiger partial charge >= 0.3 is 0 Å². The van der Waals surface area contributed by atoms with Gasteiger partial charge in [0.1, 0.15) is 11.9 Å². The summed E-state index contributed by atoms with van der Waals surface area (Å²) in [6.45, 7) is 0. The van der Waals surface area contributed by atoms with Gasteiger partial charge in [0, 0.05) is 10.7 Å². The van der Waals surface area contributed by atoms with E-state index in [9.17, 15) is 4.39 Å². The number of fused-ring (bicyclic) bond motifs is 1. The molecule has 0 saturated heterocycles. The molecule has 0 fully saturated rings. The summed E-state index contributed by atoms with van der Waals surface area (Å²) in [5, 5.41) is 15.5. The molecule has 4 rings (SSSR count). The number of tetrazole rings is 1. The van der Waals surface area contributed by atoms with E-state index in [0.717, 1.165) is 16.8 Å². The van der Waals surface area contributed by atoms with Gasteiger partial charge in [0.25, 0.3) is 0 Å². The lowest BCUT2D eigenvalue weighted by molar-refractivity contribution is 0.586. The van der Waals surface area contributed by atoms with Gasteiger partial charge in [0.15, 0.2) is 0 Å². The van der Waals surface area contributed by atoms with Gasteiger partial charge in [-0.1, -0.05) is 34.9 Å². The predicted molar refractivity (Wildman–Crippen MR) is 85.4 cm³/mol. The maximum Gasteiger partial charge on any atom is 0.248 e. The van der Waals surface area contributed by atoms with E-state index < -0.39 is 0 Å². The zero-order valence-corrected chi connectivity index (χ0v) is 12.6. The van der Waals surface area contributed by atoms with Crippen LogP contribution in [0.1, 0.15) is 17.2 Å². The average Bonchev–Trinajstić information content (AvgIpc) is 3.04. The SMILES string of the molecule is Fc1ccc(C2=C[C@@H](c3ccccc3Cl)n3nnnc3N2)cc1. The van der Waals surface area contributed by atoms with Crippen LogP contribution in [-0.2, 0) is 0 Å². The highest BCUT2D eigenvalue weighted by Crippen LogP contribution is 2.34. The fourth-order valence-electron chi connectivity index (χ4n) is 2.59. The molecule has 114 valence electrons. The summed E-state index contributed by atoms with van der Waals surface area (Å²) in [6, 6.07) is 13.6. The third kappa shape index (κ3) is 2.47. The molecule has 23 heavy (non-hydrogen) atoms. The Balaban J connectivity index is 1.83. The maximum atomic E-state index is 13.1. The number of allylic oxidation sites excluding steroid dienone is 1. The summed E-state index contributed by atoms with van der Waals surface area (Å²) < 4.78 is 14.8. The molecule has 1 aliphatic heterocycles. The van der Waals surface area contributed by atoms with Crippen LogP contribution >= 0.6 is 11.6 Å². The second-order valence-corrected chi connectivity index (χ2v) is 5.53. The lowest BCUT2D eigenvalue weighted by atomic mass is 10.0. The van der Waals surface area contributed by atoms with Gasteiger partial charge in [-0.3, -0.25) is 0 Å². The van der Waals surface area contributed by atoms with Crippen LogP contribution in [0.3, 0.4) is 0 Å². The molecule has 0 aliphatic carbocycles. The van der Waals surface area contributed by atoms with Gasteiger partial charge in [-0.05, 0) is 58.0 Å². The van der Waals surface area contributed by atoms with Crippen molar-refractivity contribution in [3.63, 3.8) is 0 Å². The first kappa shape index (κ1) is 13.9. The Labute approximate surface area is 136 Å². The third-order valence-corrected chi connectivity index (χ3v) is 4.05. The number of rotatable bonds is 2. The highest BCUT2D eigenvalue weighted by atomic mass is 35.5. The van der Waals surface area contributed by atoms with E-state index in [1.165, 1.54) is 12.1 Å². The van der Waals surface area contributed by atoms with E-state index in [1.807, 2.05) is 30.3 Å². The van der Waals surface area contributed by atoms with E-state index in [2.05, 4.69) is 20.8 Å². The summed E-state index contributed by atoms with van der Waals surface area (Å²) in [5.41, 5.74) is 2.54. The van der Waals surface area contributed by atoms with Crippen molar-refractivity contribution in [3.05, 3.63) is 76.6 Å². The van der Waals surface area contributed by atoms with Crippen molar-refractivity contribution in [1.29, 1.82) is 0 Å². The first-order chi connectivity index (χ1) is 11.2. The second-order valence-electron chi connectivity index (χ2n) is 5.13. The van der Waals surface area contributed by atoms with Crippen LogP contribution in [0.5, 0.6) is 0 Å². The van der Waals surface area contributed by atoms with Crippen molar-refractivity contribution in [3.8, 4) is 0 Å². The molecule has 1 N–H and O–H groups in total. The standard InChI is InChI=1S/C16H11ClFN5/c17-13-4-2-1-3-12(13)15-9-14(10-5-7-11(18)8-6-10)19-16-20-21-22-23(15)16/h1-9,15H,(H,19,20,22)/t15-/m0/s1. The monoisotopic (exact) mass is 327 g/mol. The molecule has 0 radical (unpaired) electrons. The number of nitrogens with one attached hydrogen (secondary N) is 1. The van der Waals surface area contributed by atoms with Gasteiger partial charge in [0.2, 0.25) is 5.95 Å². The van der Waals surface area contributed by atoms with Crippen LogP contribution in [-0.4, -0.2) is 20.2 Å². The number of halogens is 2. The van der Waals surface area contributed by atoms with Crippen molar-refractivity contribution >= 4 is 23.2 Å². The van der Waals surface area contributed by atoms with Crippen molar-refractivity contribution in [1.82, 2.24) is 20.2 Å². The molecule has 1 aromatic heterocycles. The molecule has 7 heteroatoms. The van der Waals surface area contributed by atoms with E-state index in [1.54, 1.807) is 16.8 Å². The third-order valence-electron chi connectivity index (χ3n) is 3.71. The molecule has 0 saturated carbocycles. The van der Waals surface area contributed by atoms with E-state index in [4.69, 9.17) is 11.6 Å². The zero-order chi connectivity index (χ0) is 15.8. The van der Waals surface area contributed by atoms with E-state index in [-0.39, 0.29) is 11.9 Å². The topological polar surface area (TPSA) is 55.6 Å². The molecule has 1 atom stereocenters. The first-order valence-corrected chi connectivity index (χ1v) is 7.37. The summed E-state index contributed by atoms with van der Waals surface area (Å²) in [6.07, 6.45) is 1.97. The molecule has 2 heterocycles. The Bertz CT molecular complexity index is 887. The Hall–Kier alpha value is -2.73. The number of benzene rings is 2. The van der Waals surface area contributed by atoms with Crippen LogP contribution in [0, 0.1) is 5.82 Å². The number of nitrogens with zero attached hydrogens (tertiary/aromatic N) is 4. The van der Waals surface area contributed by atoms with Crippen molar-refractivity contribution in [2.45, 2.75) is 6.04 Å². The molecule has 0 bridgehead atoms. The van der Waals surface area contributed by atoms with Crippen LogP contribution in [0.25, 0.3) is 5.70 Å². The molecule has 5 nitrogen and oxygen atoms in total. The number of aromatic nitrogens is 4. The van der Waals surface area contributed by atoms with Crippen molar-refractivity contribution < 1.29 is 4.39 Å². The largest absolute Gasteiger partial charge is 0.323 e. The molecule has 0 spiro atoms. The minimum Gasteiger partial charge on any atom is -0.323 e. The van der Waals surface area contributed by atoms with Gasteiger partial charge in [-0.2, -0.15) is 4.68 Å². The quantitative estimate of drug-likeness (QED) is 0.782. The molecular weight excluding hydrogens is 317 g/mol. The minimum atomic E-state index is -0.280. The highest BCUT2D eigenvalue weighted by molar-refractivity contribution is 6.31.